The van der Waals surface area contributed by atoms with Gasteiger partial charge in [0.05, 0.1) is 12.1 Å². The van der Waals surface area contributed by atoms with E-state index in [2.05, 4.69) is 10.6 Å². The third kappa shape index (κ3) is 2.22. The number of nitrogens with one attached hydrogen (secondary N) is 2. The summed E-state index contributed by atoms with van der Waals surface area (Å²) in [6.45, 7) is 0.979. The van der Waals surface area contributed by atoms with Gasteiger partial charge in [-0.3, -0.25) is 4.79 Å². The molecule has 0 atom stereocenters. The molecule has 5 nitrogen and oxygen atoms in total. The summed E-state index contributed by atoms with van der Waals surface area (Å²) < 4.78 is 5.40. The van der Waals surface area contributed by atoms with Gasteiger partial charge in [0, 0.05) is 5.69 Å². The van der Waals surface area contributed by atoms with Crippen LogP contribution in [0.25, 0.3) is 0 Å². The van der Waals surface area contributed by atoms with Gasteiger partial charge in [-0.15, -0.1) is 0 Å². The number of ether oxygens (including phenoxy) is 1. The van der Waals surface area contributed by atoms with Gasteiger partial charge in [0.15, 0.2) is 5.11 Å². The molecule has 2 rings (SSSR count). The molecule has 1 aliphatic heterocycles. The number of nitrogens with two attached hydrogens (primary N) is 1. The molecule has 0 bridgehead atoms. The number of carbonyl (C=O) groups is 1. The number of anilines is 1. The Labute approximate surface area is 98.0 Å². The zero-order valence-corrected chi connectivity index (χ0v) is 9.26. The van der Waals surface area contributed by atoms with Gasteiger partial charge in [-0.1, -0.05) is 0 Å². The van der Waals surface area contributed by atoms with E-state index in [0.29, 0.717) is 30.2 Å². The number of hydrogen-bond acceptors (Lipinski definition) is 3. The maximum absolute atomic E-state index is 11.7. The third-order valence-corrected chi connectivity index (χ3v) is 2.24. The quantitative estimate of drug-likeness (QED) is 0.619. The van der Waals surface area contributed by atoms with Gasteiger partial charge >= 0.3 is 0 Å². The summed E-state index contributed by atoms with van der Waals surface area (Å²) in [4.78, 5) is 11.7. The number of carbonyl (C=O) groups excluding carboxylic acids is 1. The molecule has 0 saturated heterocycles. The zero-order valence-electron chi connectivity index (χ0n) is 8.45. The second-order valence-corrected chi connectivity index (χ2v) is 3.74. The normalized spacial score (nSPS) is 14.1. The van der Waals surface area contributed by atoms with E-state index in [9.17, 15) is 4.79 Å². The van der Waals surface area contributed by atoms with Crippen LogP contribution in [0, 0.1) is 0 Å². The van der Waals surface area contributed by atoms with Crippen molar-refractivity contribution in [1.29, 1.82) is 0 Å². The summed E-state index contributed by atoms with van der Waals surface area (Å²) in [7, 11) is 0. The molecule has 0 aromatic heterocycles. The number of fused-ring (bicyclic) bond motifs is 1. The molecule has 16 heavy (non-hydrogen) atoms. The van der Waals surface area contributed by atoms with Crippen LogP contribution >= 0.6 is 12.2 Å². The Morgan fingerprint density at radius 3 is 3.12 bits per heavy atom. The number of amides is 1. The lowest BCUT2D eigenvalue weighted by Gasteiger charge is -2.08. The summed E-state index contributed by atoms with van der Waals surface area (Å²) in [5, 5.41) is 5.66. The molecule has 0 spiro atoms. The molecule has 4 N–H and O–H groups in total. The van der Waals surface area contributed by atoms with Crippen LogP contribution in [-0.4, -0.2) is 24.2 Å². The smallest absolute Gasteiger partial charge is 0.255 e. The van der Waals surface area contributed by atoms with Gasteiger partial charge in [0.25, 0.3) is 5.91 Å². The van der Waals surface area contributed by atoms with Gasteiger partial charge in [-0.05, 0) is 30.4 Å². The molecule has 1 aromatic carbocycles. The van der Waals surface area contributed by atoms with Crippen molar-refractivity contribution in [1.82, 2.24) is 5.32 Å². The van der Waals surface area contributed by atoms with Crippen LogP contribution in [0.1, 0.15) is 10.4 Å². The topological polar surface area (TPSA) is 76.4 Å². The lowest BCUT2D eigenvalue weighted by molar-refractivity contribution is 0.0957. The molecule has 6 heteroatoms. The summed E-state index contributed by atoms with van der Waals surface area (Å²) in [5.41, 5.74) is 6.51. The van der Waals surface area contributed by atoms with E-state index in [1.165, 1.54) is 0 Å². The van der Waals surface area contributed by atoms with Crippen LogP contribution in [0.2, 0.25) is 0 Å². The molecule has 1 aliphatic rings. The van der Waals surface area contributed by atoms with Crippen LogP contribution in [0.5, 0.6) is 5.75 Å². The molecule has 0 aliphatic carbocycles. The Bertz CT molecular complexity index is 448. The van der Waals surface area contributed by atoms with Crippen molar-refractivity contribution < 1.29 is 9.53 Å². The van der Waals surface area contributed by atoms with Crippen molar-refractivity contribution in [3.63, 3.8) is 0 Å². The number of rotatable bonds is 1. The largest absolute Gasteiger partial charge is 0.491 e. The molecule has 0 radical (unpaired) electrons. The van der Waals surface area contributed by atoms with Crippen molar-refractivity contribution >= 4 is 28.9 Å². The summed E-state index contributed by atoms with van der Waals surface area (Å²) in [6.07, 6.45) is 0. The van der Waals surface area contributed by atoms with Crippen molar-refractivity contribution in [2.75, 3.05) is 18.5 Å². The van der Waals surface area contributed by atoms with Crippen molar-refractivity contribution in [3.05, 3.63) is 23.8 Å². The SMILES string of the molecule is NC(=S)Nc1ccc2c(c1)C(=O)NCCO2. The van der Waals surface area contributed by atoms with E-state index in [1.54, 1.807) is 18.2 Å². The minimum atomic E-state index is -0.154. The van der Waals surface area contributed by atoms with Gasteiger partial charge in [0.1, 0.15) is 12.4 Å². The first-order valence-electron chi connectivity index (χ1n) is 4.78. The molecule has 1 aromatic rings. The van der Waals surface area contributed by atoms with E-state index in [0.717, 1.165) is 0 Å². The molecule has 84 valence electrons. The number of benzene rings is 1. The maximum atomic E-state index is 11.7. The number of hydrogen-bond donors (Lipinski definition) is 3. The average Bonchev–Trinajstić information content (AvgIpc) is 2.41. The molecule has 0 saturated carbocycles. The van der Waals surface area contributed by atoms with Crippen LogP contribution in [0.15, 0.2) is 18.2 Å². The molecule has 1 amide bonds. The van der Waals surface area contributed by atoms with E-state index in [4.69, 9.17) is 22.7 Å². The lowest BCUT2D eigenvalue weighted by atomic mass is 10.1. The van der Waals surface area contributed by atoms with E-state index < -0.39 is 0 Å². The van der Waals surface area contributed by atoms with Gasteiger partial charge < -0.3 is 21.1 Å². The van der Waals surface area contributed by atoms with Crippen LogP contribution in [-0.2, 0) is 0 Å². The Hall–Kier alpha value is -1.82. The predicted octanol–water partition coefficient (Wildman–Crippen LogP) is 0.464. The highest BCUT2D eigenvalue weighted by atomic mass is 32.1. The highest BCUT2D eigenvalue weighted by molar-refractivity contribution is 7.80. The minimum Gasteiger partial charge on any atom is -0.491 e. The molecule has 0 fully saturated rings. The zero-order chi connectivity index (χ0) is 11.5. The van der Waals surface area contributed by atoms with Gasteiger partial charge in [0.2, 0.25) is 0 Å². The van der Waals surface area contributed by atoms with Crippen LogP contribution < -0.4 is 21.1 Å². The fourth-order valence-electron chi connectivity index (χ4n) is 1.47. The van der Waals surface area contributed by atoms with Crippen molar-refractivity contribution in [2.45, 2.75) is 0 Å². The standard InChI is InChI=1S/C10H11N3O2S/c11-10(16)13-6-1-2-8-7(5-6)9(14)12-3-4-15-8/h1-2,5H,3-4H2,(H,12,14)(H3,11,13,16). The fourth-order valence-corrected chi connectivity index (χ4v) is 1.59. The second kappa shape index (κ2) is 4.36. The van der Waals surface area contributed by atoms with E-state index in [-0.39, 0.29) is 11.0 Å². The van der Waals surface area contributed by atoms with E-state index >= 15 is 0 Å². The first-order valence-corrected chi connectivity index (χ1v) is 5.19. The second-order valence-electron chi connectivity index (χ2n) is 3.30. The Kier molecular flexibility index (Phi) is 2.91. The summed E-state index contributed by atoms with van der Waals surface area (Å²) in [5.74, 6) is 0.419. The lowest BCUT2D eigenvalue weighted by Crippen LogP contribution is -2.24. The Balaban J connectivity index is 2.35. The first-order chi connectivity index (χ1) is 7.66. The van der Waals surface area contributed by atoms with Crippen LogP contribution in [0.3, 0.4) is 0 Å². The monoisotopic (exact) mass is 237 g/mol. The van der Waals surface area contributed by atoms with Crippen molar-refractivity contribution in [2.24, 2.45) is 5.73 Å². The Morgan fingerprint density at radius 2 is 2.38 bits per heavy atom. The Morgan fingerprint density at radius 1 is 1.56 bits per heavy atom. The fraction of sp³-hybridized carbons (Fsp3) is 0.200. The van der Waals surface area contributed by atoms with Crippen molar-refractivity contribution in [3.8, 4) is 5.75 Å². The molecule has 1 heterocycles. The van der Waals surface area contributed by atoms with Gasteiger partial charge in [-0.25, -0.2) is 0 Å². The van der Waals surface area contributed by atoms with Crippen LogP contribution in [0.4, 0.5) is 5.69 Å². The molecular formula is C10H11N3O2S. The average molecular weight is 237 g/mol. The summed E-state index contributed by atoms with van der Waals surface area (Å²) in [6, 6.07) is 5.15. The summed E-state index contributed by atoms with van der Waals surface area (Å²) >= 11 is 4.72. The predicted molar refractivity (Wildman–Crippen MR) is 64.7 cm³/mol. The highest BCUT2D eigenvalue weighted by Crippen LogP contribution is 2.23. The first kappa shape index (κ1) is 10.7. The number of thiocarbonyl (C=S) groups is 1. The maximum Gasteiger partial charge on any atom is 0.255 e. The molecular weight excluding hydrogens is 226 g/mol. The third-order valence-electron chi connectivity index (χ3n) is 2.14. The minimum absolute atomic E-state index is 0.154. The van der Waals surface area contributed by atoms with Gasteiger partial charge in [-0.2, -0.15) is 0 Å². The highest BCUT2D eigenvalue weighted by Gasteiger charge is 2.16. The molecule has 0 unspecified atom stereocenters. The van der Waals surface area contributed by atoms with E-state index in [1.807, 2.05) is 0 Å².